The van der Waals surface area contributed by atoms with Crippen LogP contribution in [-0.4, -0.2) is 17.3 Å². The van der Waals surface area contributed by atoms with Crippen LogP contribution in [0.5, 0.6) is 0 Å². The Morgan fingerprint density at radius 1 is 0.700 bits per heavy atom. The van der Waals surface area contributed by atoms with Gasteiger partial charge in [0.2, 0.25) is 11.6 Å². The van der Waals surface area contributed by atoms with Crippen LogP contribution in [0, 0.1) is 0 Å². The Morgan fingerprint density at radius 2 is 1.27 bits per heavy atom. The normalized spacial score (nSPS) is 12.0. The molecule has 3 nitrogen and oxygen atoms in total. The lowest BCUT2D eigenvalue weighted by atomic mass is 9.83. The summed E-state index contributed by atoms with van der Waals surface area (Å²) < 4.78 is 0. The van der Waals surface area contributed by atoms with E-state index >= 15 is 0 Å². The van der Waals surface area contributed by atoms with E-state index in [2.05, 4.69) is 0 Å². The lowest BCUT2D eigenvalue weighted by molar-refractivity contribution is -0.118. The molecule has 0 aromatic heterocycles. The lowest BCUT2D eigenvalue weighted by Gasteiger charge is -2.18. The Labute approximate surface area is 175 Å². The molecule has 4 aromatic rings. The molecule has 0 radical (unpaired) electrons. The number of Topliss-reactive ketones (excluding diaryl/α,β-unsaturated/α-hetero) is 3. The maximum atomic E-state index is 13.5. The number of hydrogen-bond acceptors (Lipinski definition) is 3. The summed E-state index contributed by atoms with van der Waals surface area (Å²) in [5.41, 5.74) is 1.21. The van der Waals surface area contributed by atoms with Crippen molar-refractivity contribution in [2.45, 2.75) is 25.7 Å². The molecule has 148 valence electrons. The average molecular weight is 394 g/mol. The summed E-state index contributed by atoms with van der Waals surface area (Å²) in [4.78, 5) is 38.5. The number of rotatable bonds is 7. The van der Waals surface area contributed by atoms with E-state index in [9.17, 15) is 14.4 Å². The second-order valence-electron chi connectivity index (χ2n) is 7.58. The van der Waals surface area contributed by atoms with Crippen molar-refractivity contribution >= 4 is 38.9 Å². The van der Waals surface area contributed by atoms with E-state index in [1.807, 2.05) is 72.8 Å². The molecule has 0 spiro atoms. The fraction of sp³-hybridized carbons (Fsp3) is 0.148. The monoisotopic (exact) mass is 394 g/mol. The zero-order valence-electron chi connectivity index (χ0n) is 16.8. The van der Waals surface area contributed by atoms with E-state index in [1.54, 1.807) is 12.1 Å². The SMILES string of the molecule is CC(=O)CCC(C(=O)C(=O)c1cccc2ccccc12)c1cccc2ccccc12. The van der Waals surface area contributed by atoms with Gasteiger partial charge >= 0.3 is 0 Å². The van der Waals surface area contributed by atoms with Crippen LogP contribution in [0.2, 0.25) is 0 Å². The van der Waals surface area contributed by atoms with Crippen molar-refractivity contribution in [2.75, 3.05) is 0 Å². The lowest BCUT2D eigenvalue weighted by Crippen LogP contribution is -2.23. The zero-order valence-corrected chi connectivity index (χ0v) is 16.8. The third kappa shape index (κ3) is 3.79. The van der Waals surface area contributed by atoms with Gasteiger partial charge in [-0.15, -0.1) is 0 Å². The van der Waals surface area contributed by atoms with E-state index in [0.717, 1.165) is 27.1 Å². The van der Waals surface area contributed by atoms with E-state index in [-0.39, 0.29) is 12.2 Å². The van der Waals surface area contributed by atoms with Crippen LogP contribution >= 0.6 is 0 Å². The van der Waals surface area contributed by atoms with E-state index < -0.39 is 17.5 Å². The van der Waals surface area contributed by atoms with Crippen LogP contribution in [0.4, 0.5) is 0 Å². The highest BCUT2D eigenvalue weighted by Crippen LogP contribution is 2.31. The molecule has 0 bridgehead atoms. The van der Waals surface area contributed by atoms with Crippen LogP contribution in [0.3, 0.4) is 0 Å². The molecular formula is C27H22O3. The summed E-state index contributed by atoms with van der Waals surface area (Å²) in [6.45, 7) is 1.51. The van der Waals surface area contributed by atoms with Crippen LogP contribution in [0.15, 0.2) is 84.9 Å². The van der Waals surface area contributed by atoms with Crippen LogP contribution in [0.25, 0.3) is 21.5 Å². The van der Waals surface area contributed by atoms with Crippen molar-refractivity contribution in [2.24, 2.45) is 0 Å². The highest BCUT2D eigenvalue weighted by atomic mass is 16.2. The Bertz CT molecular complexity index is 1260. The Morgan fingerprint density at radius 3 is 1.97 bits per heavy atom. The minimum atomic E-state index is -0.661. The molecule has 0 aliphatic carbocycles. The molecule has 0 N–H and O–H groups in total. The molecule has 4 rings (SSSR count). The number of carbonyl (C=O) groups is 3. The van der Waals surface area contributed by atoms with Crippen molar-refractivity contribution in [3.05, 3.63) is 96.1 Å². The van der Waals surface area contributed by atoms with Gasteiger partial charge in [0.05, 0.1) is 5.92 Å². The molecule has 0 heterocycles. The second kappa shape index (κ2) is 8.42. The predicted molar refractivity (Wildman–Crippen MR) is 120 cm³/mol. The van der Waals surface area contributed by atoms with Crippen LogP contribution in [-0.2, 0) is 9.59 Å². The first-order valence-electron chi connectivity index (χ1n) is 10.1. The maximum absolute atomic E-state index is 13.5. The summed E-state index contributed by atoms with van der Waals surface area (Å²) in [7, 11) is 0. The minimum Gasteiger partial charge on any atom is -0.300 e. The van der Waals surface area contributed by atoms with E-state index in [4.69, 9.17) is 0 Å². The Balaban J connectivity index is 1.79. The van der Waals surface area contributed by atoms with Crippen molar-refractivity contribution < 1.29 is 14.4 Å². The first kappa shape index (κ1) is 19.7. The van der Waals surface area contributed by atoms with Gasteiger partial charge in [0.15, 0.2) is 0 Å². The van der Waals surface area contributed by atoms with Gasteiger partial charge in [-0.25, -0.2) is 0 Å². The molecule has 0 aliphatic heterocycles. The quantitative estimate of drug-likeness (QED) is 0.290. The molecule has 0 saturated carbocycles. The number of benzene rings is 4. The number of carbonyl (C=O) groups excluding carboxylic acids is 3. The molecule has 0 amide bonds. The van der Waals surface area contributed by atoms with Crippen molar-refractivity contribution in [1.29, 1.82) is 0 Å². The number of fused-ring (bicyclic) bond motifs is 2. The number of ketones is 3. The molecular weight excluding hydrogens is 372 g/mol. The topological polar surface area (TPSA) is 51.2 Å². The highest BCUT2D eigenvalue weighted by Gasteiger charge is 2.29. The maximum Gasteiger partial charge on any atom is 0.229 e. The summed E-state index contributed by atoms with van der Waals surface area (Å²) in [5.74, 6) is -1.63. The predicted octanol–water partition coefficient (Wildman–Crippen LogP) is 5.90. The summed E-state index contributed by atoms with van der Waals surface area (Å²) in [6, 6.07) is 26.6. The van der Waals surface area contributed by atoms with Gasteiger partial charge in [-0.05, 0) is 40.5 Å². The van der Waals surface area contributed by atoms with Crippen LogP contribution in [0.1, 0.15) is 41.6 Å². The molecule has 1 unspecified atom stereocenters. The molecule has 1 atom stereocenters. The van der Waals surface area contributed by atoms with Crippen molar-refractivity contribution in [3.8, 4) is 0 Å². The van der Waals surface area contributed by atoms with Crippen LogP contribution < -0.4 is 0 Å². The van der Waals surface area contributed by atoms with Crippen molar-refractivity contribution in [1.82, 2.24) is 0 Å². The summed E-state index contributed by atoms with van der Waals surface area (Å²) in [6.07, 6.45) is 0.571. The minimum absolute atomic E-state index is 0.00523. The first-order chi connectivity index (χ1) is 14.6. The van der Waals surface area contributed by atoms with Gasteiger partial charge in [-0.3, -0.25) is 9.59 Å². The Hall–Kier alpha value is -3.59. The van der Waals surface area contributed by atoms with Gasteiger partial charge in [0.25, 0.3) is 0 Å². The zero-order chi connectivity index (χ0) is 21.1. The molecule has 3 heteroatoms. The van der Waals surface area contributed by atoms with Gasteiger partial charge in [0, 0.05) is 12.0 Å². The first-order valence-corrected chi connectivity index (χ1v) is 10.1. The van der Waals surface area contributed by atoms with Gasteiger partial charge in [0.1, 0.15) is 5.78 Å². The van der Waals surface area contributed by atoms with Gasteiger partial charge in [-0.1, -0.05) is 84.9 Å². The molecule has 30 heavy (non-hydrogen) atoms. The highest BCUT2D eigenvalue weighted by molar-refractivity contribution is 6.47. The fourth-order valence-electron chi connectivity index (χ4n) is 4.04. The van der Waals surface area contributed by atoms with E-state index in [1.165, 1.54) is 6.92 Å². The smallest absolute Gasteiger partial charge is 0.229 e. The third-order valence-corrected chi connectivity index (χ3v) is 5.56. The molecule has 0 aliphatic rings. The number of hydrogen-bond donors (Lipinski definition) is 0. The van der Waals surface area contributed by atoms with Crippen molar-refractivity contribution in [3.63, 3.8) is 0 Å². The molecule has 4 aromatic carbocycles. The Kier molecular flexibility index (Phi) is 5.53. The largest absolute Gasteiger partial charge is 0.300 e. The average Bonchev–Trinajstić information content (AvgIpc) is 2.78. The summed E-state index contributed by atoms with van der Waals surface area (Å²) >= 11 is 0. The van der Waals surface area contributed by atoms with E-state index in [0.29, 0.717) is 12.0 Å². The second-order valence-corrected chi connectivity index (χ2v) is 7.58. The van der Waals surface area contributed by atoms with Gasteiger partial charge < -0.3 is 4.79 Å². The molecule has 0 fully saturated rings. The fourth-order valence-corrected chi connectivity index (χ4v) is 4.04. The van der Waals surface area contributed by atoms with Gasteiger partial charge in [-0.2, -0.15) is 0 Å². The molecule has 0 saturated heterocycles. The summed E-state index contributed by atoms with van der Waals surface area (Å²) in [5, 5.41) is 3.63. The third-order valence-electron chi connectivity index (χ3n) is 5.56. The standard InChI is InChI=1S/C27H22O3/c1-18(28)16-17-25(23-14-6-10-19-8-2-4-12-21(19)23)27(30)26(29)24-15-7-11-20-9-3-5-13-22(20)24/h2-15,25H,16-17H2,1H3.